The van der Waals surface area contributed by atoms with E-state index in [2.05, 4.69) is 20.5 Å². The number of halogens is 1. The molecule has 0 aliphatic carbocycles. The largest absolute Gasteiger partial charge is 0.423 e. The fourth-order valence-electron chi connectivity index (χ4n) is 1.71. The first-order valence-corrected chi connectivity index (χ1v) is 6.02. The van der Waals surface area contributed by atoms with E-state index >= 15 is 0 Å². The molecule has 0 spiro atoms. The van der Waals surface area contributed by atoms with Gasteiger partial charge in [0.1, 0.15) is 0 Å². The molecule has 1 N–H and O–H groups in total. The molecule has 2 heterocycles. The molecule has 0 radical (unpaired) electrons. The van der Waals surface area contributed by atoms with Gasteiger partial charge in [0.15, 0.2) is 0 Å². The summed E-state index contributed by atoms with van der Waals surface area (Å²) in [6.07, 6.45) is 2.42. The van der Waals surface area contributed by atoms with Crippen molar-refractivity contribution in [2.45, 2.75) is 0 Å². The highest BCUT2D eigenvalue weighted by Gasteiger charge is 2.08. The summed E-state index contributed by atoms with van der Waals surface area (Å²) < 4.78 is 17.8. The monoisotopic (exact) mass is 284 g/mol. The second-order valence-corrected chi connectivity index (χ2v) is 4.14. The van der Waals surface area contributed by atoms with Crippen LogP contribution in [0.25, 0.3) is 11.5 Å². The molecule has 0 fully saturated rings. The molecular formula is C14H9FN4O2. The molecule has 104 valence electrons. The fraction of sp³-hybridized carbons (Fsp3) is 0. The number of nitrogens with one attached hydrogen (secondary N) is 1. The Kier molecular flexibility index (Phi) is 3.38. The highest BCUT2D eigenvalue weighted by atomic mass is 19.1. The molecule has 3 aromatic rings. The summed E-state index contributed by atoms with van der Waals surface area (Å²) in [4.78, 5) is 15.4. The van der Waals surface area contributed by atoms with Gasteiger partial charge in [-0.3, -0.25) is 4.79 Å². The lowest BCUT2D eigenvalue weighted by Crippen LogP contribution is -2.12. The Hall–Kier alpha value is -3.09. The summed E-state index contributed by atoms with van der Waals surface area (Å²) in [5.74, 6) is -0.598. The molecule has 1 aromatic carbocycles. The van der Waals surface area contributed by atoms with Crippen molar-refractivity contribution in [3.05, 3.63) is 60.5 Å². The van der Waals surface area contributed by atoms with Crippen molar-refractivity contribution >= 4 is 11.6 Å². The average Bonchev–Trinajstić information content (AvgIpc) is 3.03. The lowest BCUT2D eigenvalue weighted by molar-refractivity contribution is 0.102. The van der Waals surface area contributed by atoms with Crippen LogP contribution in [-0.2, 0) is 0 Å². The van der Waals surface area contributed by atoms with Crippen LogP contribution in [0.1, 0.15) is 10.4 Å². The van der Waals surface area contributed by atoms with E-state index in [4.69, 9.17) is 4.42 Å². The number of hydrogen-bond acceptors (Lipinski definition) is 5. The van der Waals surface area contributed by atoms with E-state index in [0.717, 1.165) is 11.6 Å². The van der Waals surface area contributed by atoms with Gasteiger partial charge in [0, 0.05) is 17.4 Å². The maximum Gasteiger partial charge on any atom is 0.257 e. The van der Waals surface area contributed by atoms with Gasteiger partial charge in [-0.05, 0) is 36.4 Å². The lowest BCUT2D eigenvalue weighted by atomic mass is 10.2. The number of nitrogens with zero attached hydrogens (tertiary/aromatic N) is 3. The Bertz CT molecular complexity index is 740. The number of pyridine rings is 1. The standard InChI is InChI=1S/C14H9FN4O2/c15-12-6-3-10(7-16-12)13(20)18-11-4-1-9(2-5-11)14-19-17-8-21-14/h1-8H,(H,18,20). The van der Waals surface area contributed by atoms with E-state index in [1.54, 1.807) is 24.3 Å². The van der Waals surface area contributed by atoms with Crippen LogP contribution in [-0.4, -0.2) is 21.1 Å². The van der Waals surface area contributed by atoms with Crippen LogP contribution >= 0.6 is 0 Å². The molecule has 0 aliphatic rings. The summed E-state index contributed by atoms with van der Waals surface area (Å²) in [5.41, 5.74) is 1.61. The van der Waals surface area contributed by atoms with Crippen LogP contribution in [0.2, 0.25) is 0 Å². The summed E-state index contributed by atoms with van der Waals surface area (Å²) in [6.45, 7) is 0. The van der Waals surface area contributed by atoms with Gasteiger partial charge in [0.05, 0.1) is 5.56 Å². The molecule has 21 heavy (non-hydrogen) atoms. The topological polar surface area (TPSA) is 80.9 Å². The van der Waals surface area contributed by atoms with Gasteiger partial charge < -0.3 is 9.73 Å². The molecule has 0 saturated carbocycles. The normalized spacial score (nSPS) is 10.3. The Morgan fingerprint density at radius 1 is 1.14 bits per heavy atom. The second-order valence-electron chi connectivity index (χ2n) is 4.14. The van der Waals surface area contributed by atoms with Gasteiger partial charge in [-0.1, -0.05) is 0 Å². The van der Waals surface area contributed by atoms with Crippen molar-refractivity contribution < 1.29 is 13.6 Å². The summed E-state index contributed by atoms with van der Waals surface area (Å²) in [6, 6.07) is 9.39. The molecule has 7 heteroatoms. The van der Waals surface area contributed by atoms with Crippen molar-refractivity contribution in [3.63, 3.8) is 0 Å². The molecule has 0 bridgehead atoms. The van der Waals surface area contributed by atoms with E-state index in [1.807, 2.05) is 0 Å². The van der Waals surface area contributed by atoms with Crippen LogP contribution in [0.5, 0.6) is 0 Å². The number of anilines is 1. The van der Waals surface area contributed by atoms with E-state index in [0.29, 0.717) is 11.6 Å². The quantitative estimate of drug-likeness (QED) is 0.747. The van der Waals surface area contributed by atoms with Gasteiger partial charge in [-0.25, -0.2) is 4.98 Å². The van der Waals surface area contributed by atoms with Crippen LogP contribution in [0.15, 0.2) is 53.4 Å². The van der Waals surface area contributed by atoms with Crippen molar-refractivity contribution in [3.8, 4) is 11.5 Å². The van der Waals surface area contributed by atoms with Gasteiger partial charge >= 0.3 is 0 Å². The Balaban J connectivity index is 1.73. The van der Waals surface area contributed by atoms with Crippen molar-refractivity contribution in [1.82, 2.24) is 15.2 Å². The van der Waals surface area contributed by atoms with Gasteiger partial charge in [0.25, 0.3) is 5.91 Å². The van der Waals surface area contributed by atoms with Crippen LogP contribution in [0.3, 0.4) is 0 Å². The first-order chi connectivity index (χ1) is 10.2. The SMILES string of the molecule is O=C(Nc1ccc(-c2nnco2)cc1)c1ccc(F)nc1. The minimum atomic E-state index is -0.629. The summed E-state index contributed by atoms with van der Waals surface area (Å²) >= 11 is 0. The zero-order valence-electron chi connectivity index (χ0n) is 10.7. The first-order valence-electron chi connectivity index (χ1n) is 6.02. The van der Waals surface area contributed by atoms with Crippen molar-refractivity contribution in [1.29, 1.82) is 0 Å². The van der Waals surface area contributed by atoms with E-state index in [-0.39, 0.29) is 11.5 Å². The zero-order valence-corrected chi connectivity index (χ0v) is 10.7. The second kappa shape index (κ2) is 5.49. The smallest absolute Gasteiger partial charge is 0.257 e. The predicted molar refractivity (Wildman–Crippen MR) is 71.9 cm³/mol. The highest BCUT2D eigenvalue weighted by molar-refractivity contribution is 6.04. The van der Waals surface area contributed by atoms with Crippen LogP contribution < -0.4 is 5.32 Å². The number of rotatable bonds is 3. The molecule has 0 saturated heterocycles. The first kappa shape index (κ1) is 12.9. The Morgan fingerprint density at radius 3 is 2.57 bits per heavy atom. The van der Waals surface area contributed by atoms with Gasteiger partial charge in [0.2, 0.25) is 18.2 Å². The van der Waals surface area contributed by atoms with E-state index < -0.39 is 5.95 Å². The maximum atomic E-state index is 12.7. The summed E-state index contributed by atoms with van der Waals surface area (Å²) in [7, 11) is 0. The van der Waals surface area contributed by atoms with E-state index in [9.17, 15) is 9.18 Å². The molecular weight excluding hydrogens is 275 g/mol. The number of carbonyl (C=O) groups excluding carboxylic acids is 1. The van der Waals surface area contributed by atoms with Gasteiger partial charge in [-0.2, -0.15) is 4.39 Å². The number of aromatic nitrogens is 3. The third kappa shape index (κ3) is 2.92. The third-order valence-electron chi connectivity index (χ3n) is 2.74. The molecule has 0 unspecified atom stereocenters. The minimum Gasteiger partial charge on any atom is -0.423 e. The molecule has 1 amide bonds. The molecule has 2 aromatic heterocycles. The summed E-state index contributed by atoms with van der Waals surface area (Å²) in [5, 5.41) is 10.1. The van der Waals surface area contributed by atoms with E-state index in [1.165, 1.54) is 18.7 Å². The van der Waals surface area contributed by atoms with Crippen molar-refractivity contribution in [2.75, 3.05) is 5.32 Å². The maximum absolute atomic E-state index is 12.7. The predicted octanol–water partition coefficient (Wildman–Crippen LogP) is 2.52. The molecule has 3 rings (SSSR count). The molecule has 0 aliphatic heterocycles. The number of carbonyl (C=O) groups is 1. The van der Waals surface area contributed by atoms with Gasteiger partial charge in [-0.15, -0.1) is 10.2 Å². The Morgan fingerprint density at radius 2 is 1.95 bits per heavy atom. The Labute approximate surface area is 118 Å². The third-order valence-corrected chi connectivity index (χ3v) is 2.74. The van der Waals surface area contributed by atoms with Crippen LogP contribution in [0, 0.1) is 5.95 Å². The molecule has 0 atom stereocenters. The number of benzene rings is 1. The fourth-order valence-corrected chi connectivity index (χ4v) is 1.71. The average molecular weight is 284 g/mol. The van der Waals surface area contributed by atoms with Crippen molar-refractivity contribution in [2.24, 2.45) is 0 Å². The van der Waals surface area contributed by atoms with Crippen LogP contribution in [0.4, 0.5) is 10.1 Å². The number of amides is 1. The highest BCUT2D eigenvalue weighted by Crippen LogP contribution is 2.19. The zero-order chi connectivity index (χ0) is 14.7. The minimum absolute atomic E-state index is 0.275. The lowest BCUT2D eigenvalue weighted by Gasteiger charge is -2.05. The molecule has 6 nitrogen and oxygen atoms in total. The number of hydrogen-bond donors (Lipinski definition) is 1.